The van der Waals surface area contributed by atoms with E-state index in [-0.39, 0.29) is 5.91 Å². The van der Waals surface area contributed by atoms with Crippen molar-refractivity contribution in [3.63, 3.8) is 0 Å². The summed E-state index contributed by atoms with van der Waals surface area (Å²) in [5.41, 5.74) is 3.49. The molecule has 1 fully saturated rings. The molecular weight excluding hydrogens is 340 g/mol. The van der Waals surface area contributed by atoms with Gasteiger partial charge in [0, 0.05) is 31.9 Å². The van der Waals surface area contributed by atoms with Crippen LogP contribution in [-0.2, 0) is 4.79 Å². The molecule has 0 spiro atoms. The monoisotopic (exact) mass is 368 g/mol. The molecule has 0 atom stereocenters. The SMILES string of the molecule is COc1ccc(N2CCN(C(=O)CCOc3ccc(C)cc3C)CC2)cc1. The fourth-order valence-electron chi connectivity index (χ4n) is 3.37. The maximum atomic E-state index is 12.5. The van der Waals surface area contributed by atoms with Crippen LogP contribution in [0.2, 0.25) is 0 Å². The predicted octanol–water partition coefficient (Wildman–Crippen LogP) is 3.43. The number of benzene rings is 2. The highest BCUT2D eigenvalue weighted by Gasteiger charge is 2.21. The summed E-state index contributed by atoms with van der Waals surface area (Å²) < 4.78 is 11.0. The minimum Gasteiger partial charge on any atom is -0.497 e. The van der Waals surface area contributed by atoms with Crippen molar-refractivity contribution in [2.75, 3.05) is 44.8 Å². The van der Waals surface area contributed by atoms with Crippen LogP contribution in [0.4, 0.5) is 5.69 Å². The van der Waals surface area contributed by atoms with Crippen LogP contribution in [0.1, 0.15) is 17.5 Å². The minimum atomic E-state index is 0.161. The fraction of sp³-hybridized carbons (Fsp3) is 0.409. The van der Waals surface area contributed by atoms with Gasteiger partial charge < -0.3 is 19.3 Å². The number of hydrogen-bond acceptors (Lipinski definition) is 4. The molecule has 27 heavy (non-hydrogen) atoms. The lowest BCUT2D eigenvalue weighted by molar-refractivity contribution is -0.132. The average Bonchev–Trinajstić information content (AvgIpc) is 2.70. The van der Waals surface area contributed by atoms with E-state index in [1.54, 1.807) is 7.11 Å². The molecule has 2 aromatic rings. The van der Waals surface area contributed by atoms with Crippen molar-refractivity contribution in [2.45, 2.75) is 20.3 Å². The van der Waals surface area contributed by atoms with Crippen molar-refractivity contribution in [1.29, 1.82) is 0 Å². The zero-order valence-electron chi connectivity index (χ0n) is 16.4. The normalized spacial score (nSPS) is 14.2. The molecule has 0 aliphatic carbocycles. The van der Waals surface area contributed by atoms with Crippen LogP contribution >= 0.6 is 0 Å². The lowest BCUT2D eigenvalue weighted by atomic mass is 10.1. The van der Waals surface area contributed by atoms with Crippen molar-refractivity contribution in [3.05, 3.63) is 53.6 Å². The van der Waals surface area contributed by atoms with Gasteiger partial charge in [0.05, 0.1) is 20.1 Å². The van der Waals surface area contributed by atoms with Crippen molar-refractivity contribution >= 4 is 11.6 Å². The van der Waals surface area contributed by atoms with Gasteiger partial charge in [0.2, 0.25) is 5.91 Å². The largest absolute Gasteiger partial charge is 0.497 e. The van der Waals surface area contributed by atoms with Gasteiger partial charge in [-0.15, -0.1) is 0 Å². The molecule has 1 heterocycles. The number of carbonyl (C=O) groups excluding carboxylic acids is 1. The van der Waals surface area contributed by atoms with Crippen LogP contribution in [0.5, 0.6) is 11.5 Å². The lowest BCUT2D eigenvalue weighted by Gasteiger charge is -2.36. The van der Waals surface area contributed by atoms with E-state index in [4.69, 9.17) is 9.47 Å². The van der Waals surface area contributed by atoms with Crippen LogP contribution in [0.15, 0.2) is 42.5 Å². The van der Waals surface area contributed by atoms with Gasteiger partial charge in [0.15, 0.2) is 0 Å². The molecule has 144 valence electrons. The molecule has 0 saturated carbocycles. The number of nitrogens with zero attached hydrogens (tertiary/aromatic N) is 2. The van der Waals surface area contributed by atoms with Crippen molar-refractivity contribution in [3.8, 4) is 11.5 Å². The van der Waals surface area contributed by atoms with E-state index in [0.29, 0.717) is 13.0 Å². The number of anilines is 1. The third-order valence-electron chi connectivity index (χ3n) is 4.97. The number of carbonyl (C=O) groups is 1. The fourth-order valence-corrected chi connectivity index (χ4v) is 3.37. The van der Waals surface area contributed by atoms with Crippen LogP contribution in [-0.4, -0.2) is 50.7 Å². The summed E-state index contributed by atoms with van der Waals surface area (Å²) in [5, 5.41) is 0. The Kier molecular flexibility index (Phi) is 6.22. The lowest BCUT2D eigenvalue weighted by Crippen LogP contribution is -2.49. The first-order valence-electron chi connectivity index (χ1n) is 9.43. The minimum absolute atomic E-state index is 0.161. The summed E-state index contributed by atoms with van der Waals surface area (Å²) >= 11 is 0. The smallest absolute Gasteiger partial charge is 0.226 e. The Morgan fingerprint density at radius 2 is 1.70 bits per heavy atom. The van der Waals surface area contributed by atoms with Gasteiger partial charge in [0.25, 0.3) is 0 Å². The zero-order chi connectivity index (χ0) is 19.2. The predicted molar refractivity (Wildman–Crippen MR) is 108 cm³/mol. The second-order valence-electron chi connectivity index (χ2n) is 6.93. The van der Waals surface area contributed by atoms with Crippen LogP contribution < -0.4 is 14.4 Å². The number of ether oxygens (including phenoxy) is 2. The van der Waals surface area contributed by atoms with Gasteiger partial charge in [-0.2, -0.15) is 0 Å². The summed E-state index contributed by atoms with van der Waals surface area (Å²) in [5.74, 6) is 1.88. The molecule has 0 bridgehead atoms. The highest BCUT2D eigenvalue weighted by Crippen LogP contribution is 2.21. The Labute approximate surface area is 161 Å². The molecule has 0 N–H and O–H groups in total. The first kappa shape index (κ1) is 19.1. The second kappa shape index (κ2) is 8.80. The molecule has 0 aromatic heterocycles. The Balaban J connectivity index is 1.44. The number of piperazine rings is 1. The Hall–Kier alpha value is -2.69. The maximum absolute atomic E-state index is 12.5. The molecule has 1 saturated heterocycles. The highest BCUT2D eigenvalue weighted by molar-refractivity contribution is 5.76. The van der Waals surface area contributed by atoms with Crippen molar-refractivity contribution in [2.24, 2.45) is 0 Å². The van der Waals surface area contributed by atoms with Gasteiger partial charge in [-0.25, -0.2) is 0 Å². The van der Waals surface area contributed by atoms with Gasteiger partial charge in [-0.05, 0) is 49.7 Å². The van der Waals surface area contributed by atoms with Gasteiger partial charge in [-0.3, -0.25) is 4.79 Å². The molecule has 2 aromatic carbocycles. The van der Waals surface area contributed by atoms with Crippen molar-refractivity contribution in [1.82, 2.24) is 4.90 Å². The van der Waals surface area contributed by atoms with Gasteiger partial charge >= 0.3 is 0 Å². The summed E-state index contributed by atoms with van der Waals surface area (Å²) in [6.07, 6.45) is 0.413. The van der Waals surface area contributed by atoms with Gasteiger partial charge in [-0.1, -0.05) is 17.7 Å². The topological polar surface area (TPSA) is 42.0 Å². The third-order valence-corrected chi connectivity index (χ3v) is 4.97. The highest BCUT2D eigenvalue weighted by atomic mass is 16.5. The molecule has 0 radical (unpaired) electrons. The number of hydrogen-bond donors (Lipinski definition) is 0. The van der Waals surface area contributed by atoms with Crippen LogP contribution in [0, 0.1) is 13.8 Å². The van der Waals surface area contributed by atoms with E-state index in [2.05, 4.69) is 30.0 Å². The zero-order valence-corrected chi connectivity index (χ0v) is 16.4. The van der Waals surface area contributed by atoms with Crippen LogP contribution in [0.3, 0.4) is 0 Å². The quantitative estimate of drug-likeness (QED) is 0.783. The number of rotatable bonds is 6. The van der Waals surface area contributed by atoms with E-state index in [0.717, 1.165) is 43.2 Å². The summed E-state index contributed by atoms with van der Waals surface area (Å²) in [4.78, 5) is 16.7. The molecule has 5 nitrogen and oxygen atoms in total. The molecule has 3 rings (SSSR count). The summed E-state index contributed by atoms with van der Waals surface area (Å²) in [6.45, 7) is 7.69. The molecule has 1 aliphatic rings. The van der Waals surface area contributed by atoms with Crippen molar-refractivity contribution < 1.29 is 14.3 Å². The first-order chi connectivity index (χ1) is 13.1. The summed E-state index contributed by atoms with van der Waals surface area (Å²) in [6, 6.07) is 14.2. The Bertz CT molecular complexity index is 766. The van der Waals surface area contributed by atoms with E-state index in [1.165, 1.54) is 11.3 Å². The number of methoxy groups -OCH3 is 1. The maximum Gasteiger partial charge on any atom is 0.226 e. The summed E-state index contributed by atoms with van der Waals surface area (Å²) in [7, 11) is 1.67. The van der Waals surface area contributed by atoms with E-state index in [1.807, 2.05) is 36.1 Å². The van der Waals surface area contributed by atoms with E-state index >= 15 is 0 Å². The van der Waals surface area contributed by atoms with E-state index in [9.17, 15) is 4.79 Å². The average molecular weight is 368 g/mol. The first-order valence-corrected chi connectivity index (χ1v) is 9.43. The second-order valence-corrected chi connectivity index (χ2v) is 6.93. The molecule has 0 unspecified atom stereocenters. The third kappa shape index (κ3) is 4.94. The van der Waals surface area contributed by atoms with Crippen LogP contribution in [0.25, 0.3) is 0 Å². The molecule has 5 heteroatoms. The Morgan fingerprint density at radius 1 is 1.00 bits per heavy atom. The molecular formula is C22H28N2O3. The van der Waals surface area contributed by atoms with Gasteiger partial charge in [0.1, 0.15) is 11.5 Å². The standard InChI is InChI=1S/C22H28N2O3/c1-17-4-9-21(18(2)16-17)27-15-10-22(25)24-13-11-23(12-14-24)19-5-7-20(26-3)8-6-19/h4-9,16H,10-15H2,1-3H3. The Morgan fingerprint density at radius 3 is 2.33 bits per heavy atom. The van der Waals surface area contributed by atoms with E-state index < -0.39 is 0 Å². The number of aryl methyl sites for hydroxylation is 2. The molecule has 1 amide bonds. The number of amides is 1. The molecule has 1 aliphatic heterocycles.